The van der Waals surface area contributed by atoms with Gasteiger partial charge in [0, 0.05) is 0 Å². The van der Waals surface area contributed by atoms with Crippen LogP contribution in [0.25, 0.3) is 27.8 Å². The third kappa shape index (κ3) is 2.96. The summed E-state index contributed by atoms with van der Waals surface area (Å²) in [6, 6.07) is 15.1. The Morgan fingerprint density at radius 1 is 1.06 bits per heavy atom. The molecule has 3 aromatic heterocycles. The maximum atomic E-state index is 13.8. The molecule has 8 heteroatoms. The first-order valence-electron chi connectivity index (χ1n) is 10.4. The van der Waals surface area contributed by atoms with E-state index in [9.17, 15) is 4.79 Å². The van der Waals surface area contributed by atoms with Crippen molar-refractivity contribution in [1.29, 1.82) is 0 Å². The summed E-state index contributed by atoms with van der Waals surface area (Å²) in [5.74, 6) is 1.23. The van der Waals surface area contributed by atoms with E-state index >= 15 is 0 Å². The van der Waals surface area contributed by atoms with Crippen molar-refractivity contribution in [2.45, 2.75) is 19.4 Å². The van der Waals surface area contributed by atoms with Crippen molar-refractivity contribution in [3.05, 3.63) is 94.6 Å². The van der Waals surface area contributed by atoms with Gasteiger partial charge in [-0.25, -0.2) is 19.9 Å². The SMILES string of the molecule is Cc1cccc2nc([C@@H](Nc3ncnc4nc[nH]c34)C3=CC3)n(-c3ccccc3)c(=O)c12. The van der Waals surface area contributed by atoms with Crippen LogP contribution in [-0.4, -0.2) is 29.5 Å². The maximum absolute atomic E-state index is 13.8. The molecule has 6 rings (SSSR count). The van der Waals surface area contributed by atoms with Crippen molar-refractivity contribution in [3.8, 4) is 5.69 Å². The average Bonchev–Trinajstić information content (AvgIpc) is 3.53. The van der Waals surface area contributed by atoms with Crippen LogP contribution in [0.4, 0.5) is 5.82 Å². The van der Waals surface area contributed by atoms with Crippen LogP contribution in [0.1, 0.15) is 23.9 Å². The number of fused-ring (bicyclic) bond motifs is 2. The first-order chi connectivity index (χ1) is 15.7. The van der Waals surface area contributed by atoms with Gasteiger partial charge >= 0.3 is 0 Å². The lowest BCUT2D eigenvalue weighted by Crippen LogP contribution is -2.28. The summed E-state index contributed by atoms with van der Waals surface area (Å²) < 4.78 is 1.71. The predicted octanol–water partition coefficient (Wildman–Crippen LogP) is 3.84. The van der Waals surface area contributed by atoms with E-state index in [0.29, 0.717) is 33.7 Å². The monoisotopic (exact) mass is 421 g/mol. The maximum Gasteiger partial charge on any atom is 0.266 e. The highest BCUT2D eigenvalue weighted by Crippen LogP contribution is 2.37. The van der Waals surface area contributed by atoms with E-state index in [2.05, 4.69) is 31.3 Å². The van der Waals surface area contributed by atoms with E-state index in [1.54, 1.807) is 10.9 Å². The van der Waals surface area contributed by atoms with Crippen molar-refractivity contribution in [1.82, 2.24) is 29.5 Å². The molecule has 0 unspecified atom stereocenters. The van der Waals surface area contributed by atoms with E-state index in [1.807, 2.05) is 55.5 Å². The first-order valence-corrected chi connectivity index (χ1v) is 10.4. The Labute approximate surface area is 182 Å². The largest absolute Gasteiger partial charge is 0.355 e. The molecule has 0 aliphatic heterocycles. The van der Waals surface area contributed by atoms with Crippen LogP contribution in [0.3, 0.4) is 0 Å². The molecule has 156 valence electrons. The van der Waals surface area contributed by atoms with Gasteiger partial charge in [-0.3, -0.25) is 9.36 Å². The van der Waals surface area contributed by atoms with Crippen LogP contribution in [0.2, 0.25) is 0 Å². The second kappa shape index (κ2) is 7.12. The molecule has 32 heavy (non-hydrogen) atoms. The summed E-state index contributed by atoms with van der Waals surface area (Å²) in [6.07, 6.45) is 6.05. The average molecular weight is 421 g/mol. The fourth-order valence-electron chi connectivity index (χ4n) is 4.06. The highest BCUT2D eigenvalue weighted by molar-refractivity contribution is 5.83. The van der Waals surface area contributed by atoms with E-state index in [-0.39, 0.29) is 11.6 Å². The predicted molar refractivity (Wildman–Crippen MR) is 123 cm³/mol. The molecule has 8 nitrogen and oxygen atoms in total. The summed E-state index contributed by atoms with van der Waals surface area (Å²) >= 11 is 0. The van der Waals surface area contributed by atoms with Gasteiger partial charge in [-0.2, -0.15) is 0 Å². The molecular formula is C24H19N7O. The van der Waals surface area contributed by atoms with Gasteiger partial charge in [-0.15, -0.1) is 0 Å². The Bertz CT molecular complexity index is 1570. The number of anilines is 1. The summed E-state index contributed by atoms with van der Waals surface area (Å²) in [4.78, 5) is 34.7. The minimum absolute atomic E-state index is 0.0864. The zero-order valence-electron chi connectivity index (χ0n) is 17.3. The molecule has 0 radical (unpaired) electrons. The number of rotatable bonds is 5. The molecule has 3 heterocycles. The highest BCUT2D eigenvalue weighted by Gasteiger charge is 2.29. The number of aryl methyl sites for hydroxylation is 1. The molecule has 0 saturated carbocycles. The van der Waals surface area contributed by atoms with Gasteiger partial charge in [0.1, 0.15) is 23.7 Å². The normalized spacial score (nSPS) is 13.8. The molecule has 1 aliphatic rings. The second-order valence-corrected chi connectivity index (χ2v) is 7.80. The summed E-state index contributed by atoms with van der Waals surface area (Å²) in [7, 11) is 0. The molecule has 5 aromatic rings. The minimum Gasteiger partial charge on any atom is -0.355 e. The Kier molecular flexibility index (Phi) is 4.10. The number of aromatic amines is 1. The van der Waals surface area contributed by atoms with Crippen molar-refractivity contribution in [3.63, 3.8) is 0 Å². The fourth-order valence-corrected chi connectivity index (χ4v) is 4.06. The lowest BCUT2D eigenvalue weighted by molar-refractivity contribution is 0.761. The third-order valence-electron chi connectivity index (χ3n) is 5.72. The zero-order chi connectivity index (χ0) is 21.7. The molecule has 0 saturated heterocycles. The van der Waals surface area contributed by atoms with Crippen LogP contribution < -0.4 is 10.9 Å². The van der Waals surface area contributed by atoms with Crippen LogP contribution in [-0.2, 0) is 0 Å². The Hall–Kier alpha value is -4.33. The standard InChI is InChI=1S/C24H19N7O/c1-14-6-5-9-17-18(14)24(32)31(16-7-3-2-4-8-16)23(29-17)19(15-10-11-15)30-22-20-21(26-12-25-20)27-13-28-22/h2-10,12-13,19H,11H2,1H3,(H2,25,26,27,28,30)/t19-/m0/s1. The second-order valence-electron chi connectivity index (χ2n) is 7.80. The minimum atomic E-state index is -0.325. The fraction of sp³-hybridized carbons (Fsp3) is 0.125. The van der Waals surface area contributed by atoms with Crippen molar-refractivity contribution in [2.24, 2.45) is 0 Å². The molecule has 1 atom stereocenters. The smallest absolute Gasteiger partial charge is 0.266 e. The lowest BCUT2D eigenvalue weighted by atomic mass is 10.1. The Morgan fingerprint density at radius 3 is 2.72 bits per heavy atom. The van der Waals surface area contributed by atoms with Gasteiger partial charge in [0.25, 0.3) is 5.56 Å². The van der Waals surface area contributed by atoms with Gasteiger partial charge in [0.05, 0.1) is 22.9 Å². The van der Waals surface area contributed by atoms with Crippen molar-refractivity contribution >= 4 is 27.9 Å². The third-order valence-corrected chi connectivity index (χ3v) is 5.72. The van der Waals surface area contributed by atoms with Gasteiger partial charge < -0.3 is 10.3 Å². The van der Waals surface area contributed by atoms with E-state index in [0.717, 1.165) is 23.2 Å². The van der Waals surface area contributed by atoms with Crippen molar-refractivity contribution < 1.29 is 0 Å². The number of benzene rings is 2. The number of para-hydroxylation sites is 1. The molecule has 0 amide bonds. The summed E-state index contributed by atoms with van der Waals surface area (Å²) in [6.45, 7) is 1.94. The summed E-state index contributed by atoms with van der Waals surface area (Å²) in [5.41, 5.74) is 4.71. The number of imidazole rings is 1. The molecule has 1 aliphatic carbocycles. The van der Waals surface area contributed by atoms with E-state index < -0.39 is 0 Å². The molecule has 2 aromatic carbocycles. The van der Waals surface area contributed by atoms with Crippen molar-refractivity contribution in [2.75, 3.05) is 5.32 Å². The molecule has 0 spiro atoms. The number of aromatic nitrogens is 6. The first kappa shape index (κ1) is 18.4. The molecule has 0 bridgehead atoms. The van der Waals surface area contributed by atoms with Gasteiger partial charge in [-0.05, 0) is 42.7 Å². The van der Waals surface area contributed by atoms with Gasteiger partial charge in [0.15, 0.2) is 11.5 Å². The van der Waals surface area contributed by atoms with E-state index in [4.69, 9.17) is 4.98 Å². The van der Waals surface area contributed by atoms with Crippen LogP contribution in [0, 0.1) is 6.92 Å². The van der Waals surface area contributed by atoms with E-state index in [1.165, 1.54) is 6.33 Å². The number of nitrogens with zero attached hydrogens (tertiary/aromatic N) is 5. The van der Waals surface area contributed by atoms with Gasteiger partial charge in [0.2, 0.25) is 0 Å². The van der Waals surface area contributed by atoms with Crippen LogP contribution >= 0.6 is 0 Å². The quantitative estimate of drug-likeness (QED) is 0.418. The van der Waals surface area contributed by atoms with Crippen LogP contribution in [0.5, 0.6) is 0 Å². The van der Waals surface area contributed by atoms with Crippen LogP contribution in [0.15, 0.2) is 77.6 Å². The number of nitrogens with one attached hydrogen (secondary N) is 2. The number of H-pyrrole nitrogens is 1. The molecular weight excluding hydrogens is 402 g/mol. The highest BCUT2D eigenvalue weighted by atomic mass is 16.1. The topological polar surface area (TPSA) is 101 Å². The molecule has 0 fully saturated rings. The Morgan fingerprint density at radius 2 is 1.91 bits per heavy atom. The Balaban J connectivity index is 1.60. The summed E-state index contributed by atoms with van der Waals surface area (Å²) in [5, 5.41) is 4.12. The molecule has 2 N–H and O–H groups in total. The number of hydrogen-bond donors (Lipinski definition) is 2. The number of allylic oxidation sites excluding steroid dienone is 1. The zero-order valence-corrected chi connectivity index (χ0v) is 17.3. The number of hydrogen-bond acceptors (Lipinski definition) is 6. The lowest BCUT2D eigenvalue weighted by Gasteiger charge is -2.22. The van der Waals surface area contributed by atoms with Gasteiger partial charge in [-0.1, -0.05) is 36.4 Å².